The molecule has 1 aliphatic heterocycles. The number of amides is 2. The quantitative estimate of drug-likeness (QED) is 0.587. The number of rotatable bonds is 7. The number of hydrogen-bond donors (Lipinski definition) is 3. The Morgan fingerprint density at radius 2 is 1.77 bits per heavy atom. The Morgan fingerprint density at radius 1 is 1.18 bits per heavy atom. The van der Waals surface area contributed by atoms with Crippen LogP contribution in [0, 0.1) is 5.92 Å². The standard InChI is InChI=1S/C13H26N4O2S.2ClH/c1-10(2)12(14)13(19)16-9-11(18)15-3-4-17-5-7-20-8-6-17;;/h10,12H,3-9,14H2,1-2H3,(H,15,18)(H,16,19);2*1H/t12-;;/m0../s1. The van der Waals surface area contributed by atoms with E-state index in [2.05, 4.69) is 15.5 Å². The first-order valence-corrected chi connectivity index (χ1v) is 8.26. The Hall–Kier alpha value is -0.210. The molecule has 4 N–H and O–H groups in total. The fraction of sp³-hybridized carbons (Fsp3) is 0.846. The van der Waals surface area contributed by atoms with Crippen LogP contribution < -0.4 is 16.4 Å². The van der Waals surface area contributed by atoms with E-state index in [9.17, 15) is 9.59 Å². The lowest BCUT2D eigenvalue weighted by molar-refractivity contribution is -0.127. The average molecular weight is 375 g/mol. The SMILES string of the molecule is CC(C)[C@H](N)C(=O)NCC(=O)NCCN1CCSCC1.Cl.Cl. The van der Waals surface area contributed by atoms with E-state index in [0.717, 1.165) is 31.1 Å². The maximum absolute atomic E-state index is 11.6. The smallest absolute Gasteiger partial charge is 0.239 e. The minimum Gasteiger partial charge on any atom is -0.353 e. The summed E-state index contributed by atoms with van der Waals surface area (Å²) in [6.45, 7) is 7.40. The molecule has 1 rings (SSSR count). The van der Waals surface area contributed by atoms with Crippen LogP contribution in [0.4, 0.5) is 0 Å². The number of carbonyl (C=O) groups excluding carboxylic acids is 2. The molecule has 9 heteroatoms. The summed E-state index contributed by atoms with van der Waals surface area (Å²) in [7, 11) is 0. The number of hydrogen-bond acceptors (Lipinski definition) is 5. The van der Waals surface area contributed by atoms with E-state index in [0.29, 0.717) is 6.54 Å². The van der Waals surface area contributed by atoms with E-state index in [1.807, 2.05) is 25.6 Å². The Labute approximate surface area is 149 Å². The van der Waals surface area contributed by atoms with Gasteiger partial charge in [0.05, 0.1) is 12.6 Å². The van der Waals surface area contributed by atoms with E-state index in [4.69, 9.17) is 5.73 Å². The molecular weight excluding hydrogens is 347 g/mol. The number of nitrogens with one attached hydrogen (secondary N) is 2. The van der Waals surface area contributed by atoms with E-state index in [1.54, 1.807) is 0 Å². The van der Waals surface area contributed by atoms with Crippen LogP contribution in [0.2, 0.25) is 0 Å². The molecule has 2 amide bonds. The molecular formula is C13H28Cl2N4O2S. The van der Waals surface area contributed by atoms with Crippen molar-refractivity contribution in [2.75, 3.05) is 44.2 Å². The third kappa shape index (κ3) is 9.74. The summed E-state index contributed by atoms with van der Waals surface area (Å²) in [5, 5.41) is 5.37. The molecule has 0 unspecified atom stereocenters. The summed E-state index contributed by atoms with van der Waals surface area (Å²) in [6.07, 6.45) is 0. The van der Waals surface area contributed by atoms with Crippen LogP contribution in [0.1, 0.15) is 13.8 Å². The first-order chi connectivity index (χ1) is 9.50. The Morgan fingerprint density at radius 3 is 2.32 bits per heavy atom. The maximum Gasteiger partial charge on any atom is 0.239 e. The van der Waals surface area contributed by atoms with Gasteiger partial charge in [-0.1, -0.05) is 13.8 Å². The van der Waals surface area contributed by atoms with Gasteiger partial charge in [-0.15, -0.1) is 24.8 Å². The molecule has 0 spiro atoms. The molecule has 6 nitrogen and oxygen atoms in total. The van der Waals surface area contributed by atoms with Crippen LogP contribution in [0.15, 0.2) is 0 Å². The minimum atomic E-state index is -0.561. The zero-order valence-electron chi connectivity index (χ0n) is 13.2. The number of halogens is 2. The molecule has 0 aromatic rings. The second-order valence-corrected chi connectivity index (χ2v) is 6.52. The predicted octanol–water partition coefficient (Wildman–Crippen LogP) is 0.0945. The highest BCUT2D eigenvalue weighted by Crippen LogP contribution is 2.07. The predicted molar refractivity (Wildman–Crippen MR) is 97.1 cm³/mol. The lowest BCUT2D eigenvalue weighted by Crippen LogP contribution is -2.48. The number of carbonyl (C=O) groups is 2. The normalized spacial score (nSPS) is 16.2. The van der Waals surface area contributed by atoms with Crippen molar-refractivity contribution < 1.29 is 9.59 Å². The lowest BCUT2D eigenvalue weighted by atomic mass is 10.1. The maximum atomic E-state index is 11.6. The summed E-state index contributed by atoms with van der Waals surface area (Å²) in [5.41, 5.74) is 5.69. The monoisotopic (exact) mass is 374 g/mol. The highest BCUT2D eigenvalue weighted by molar-refractivity contribution is 7.99. The van der Waals surface area contributed by atoms with Gasteiger partial charge in [-0.05, 0) is 5.92 Å². The number of nitrogens with two attached hydrogens (primary N) is 1. The van der Waals surface area contributed by atoms with Crippen molar-refractivity contribution in [1.29, 1.82) is 0 Å². The van der Waals surface area contributed by atoms with Gasteiger partial charge in [0.25, 0.3) is 0 Å². The molecule has 1 heterocycles. The van der Waals surface area contributed by atoms with Gasteiger partial charge < -0.3 is 16.4 Å². The van der Waals surface area contributed by atoms with E-state index < -0.39 is 6.04 Å². The van der Waals surface area contributed by atoms with Crippen molar-refractivity contribution in [1.82, 2.24) is 15.5 Å². The van der Waals surface area contributed by atoms with Crippen molar-refractivity contribution in [2.45, 2.75) is 19.9 Å². The molecule has 0 saturated carbocycles. The summed E-state index contributed by atoms with van der Waals surface area (Å²) in [4.78, 5) is 25.5. The van der Waals surface area contributed by atoms with Gasteiger partial charge >= 0.3 is 0 Å². The van der Waals surface area contributed by atoms with Gasteiger partial charge in [-0.2, -0.15) is 11.8 Å². The molecule has 132 valence electrons. The molecule has 0 aliphatic carbocycles. The number of thioether (sulfide) groups is 1. The van der Waals surface area contributed by atoms with E-state index >= 15 is 0 Å². The summed E-state index contributed by atoms with van der Waals surface area (Å²) < 4.78 is 0. The Bertz CT molecular complexity index is 329. The summed E-state index contributed by atoms with van der Waals surface area (Å²) in [5.74, 6) is 1.95. The van der Waals surface area contributed by atoms with E-state index in [-0.39, 0.29) is 49.1 Å². The third-order valence-corrected chi connectivity index (χ3v) is 4.24. The Kier molecular flexibility index (Phi) is 14.5. The van der Waals surface area contributed by atoms with Gasteiger partial charge in [0.2, 0.25) is 11.8 Å². The molecule has 22 heavy (non-hydrogen) atoms. The summed E-state index contributed by atoms with van der Waals surface area (Å²) in [6, 6.07) is -0.561. The fourth-order valence-electron chi connectivity index (χ4n) is 1.83. The molecule has 1 aliphatic rings. The lowest BCUT2D eigenvalue weighted by Gasteiger charge is -2.26. The van der Waals surface area contributed by atoms with Crippen molar-refractivity contribution in [3.63, 3.8) is 0 Å². The Balaban J connectivity index is 0. The second kappa shape index (κ2) is 13.2. The van der Waals surface area contributed by atoms with Gasteiger partial charge in [0, 0.05) is 37.7 Å². The molecule has 0 aromatic carbocycles. The fourth-order valence-corrected chi connectivity index (χ4v) is 2.81. The molecule has 0 aromatic heterocycles. The van der Waals surface area contributed by atoms with Crippen molar-refractivity contribution >= 4 is 48.4 Å². The van der Waals surface area contributed by atoms with Crippen LogP contribution in [-0.4, -0.2) is 67.0 Å². The largest absolute Gasteiger partial charge is 0.353 e. The zero-order valence-corrected chi connectivity index (χ0v) is 15.6. The van der Waals surface area contributed by atoms with Crippen LogP contribution in [-0.2, 0) is 9.59 Å². The van der Waals surface area contributed by atoms with Crippen LogP contribution in [0.25, 0.3) is 0 Å². The van der Waals surface area contributed by atoms with Crippen molar-refractivity contribution in [3.05, 3.63) is 0 Å². The third-order valence-electron chi connectivity index (χ3n) is 3.30. The molecule has 1 fully saturated rings. The molecule has 0 bridgehead atoms. The zero-order chi connectivity index (χ0) is 15.0. The highest BCUT2D eigenvalue weighted by atomic mass is 35.5. The molecule has 1 saturated heterocycles. The van der Waals surface area contributed by atoms with Gasteiger partial charge in [0.1, 0.15) is 0 Å². The number of nitrogens with zero attached hydrogens (tertiary/aromatic N) is 1. The van der Waals surface area contributed by atoms with Crippen LogP contribution >= 0.6 is 36.6 Å². The topological polar surface area (TPSA) is 87.5 Å². The van der Waals surface area contributed by atoms with Crippen LogP contribution in [0.3, 0.4) is 0 Å². The van der Waals surface area contributed by atoms with Crippen molar-refractivity contribution in [2.24, 2.45) is 11.7 Å². The first-order valence-electron chi connectivity index (χ1n) is 7.10. The average Bonchev–Trinajstić information content (AvgIpc) is 2.45. The highest BCUT2D eigenvalue weighted by Gasteiger charge is 2.17. The molecule has 1 atom stereocenters. The van der Waals surface area contributed by atoms with E-state index in [1.165, 1.54) is 0 Å². The van der Waals surface area contributed by atoms with Gasteiger partial charge in [-0.3, -0.25) is 14.5 Å². The second-order valence-electron chi connectivity index (χ2n) is 5.29. The van der Waals surface area contributed by atoms with Crippen molar-refractivity contribution in [3.8, 4) is 0 Å². The van der Waals surface area contributed by atoms with Gasteiger partial charge in [0.15, 0.2) is 0 Å². The van der Waals surface area contributed by atoms with Crippen LogP contribution in [0.5, 0.6) is 0 Å². The summed E-state index contributed by atoms with van der Waals surface area (Å²) >= 11 is 1.97. The van der Waals surface area contributed by atoms with Gasteiger partial charge in [-0.25, -0.2) is 0 Å². The minimum absolute atomic E-state index is 0. The first kappa shape index (κ1) is 24.0. The molecule has 0 radical (unpaired) electrons.